The number of urea groups is 1. The van der Waals surface area contributed by atoms with E-state index in [9.17, 15) is 14.4 Å². The van der Waals surface area contributed by atoms with Crippen molar-refractivity contribution in [3.8, 4) is 0 Å². The second-order valence-electron chi connectivity index (χ2n) is 8.60. The van der Waals surface area contributed by atoms with Gasteiger partial charge in [0, 0.05) is 45.6 Å². The molecular formula is C19H32N4O4. The molecule has 8 nitrogen and oxygen atoms in total. The molecule has 0 bridgehead atoms. The Balaban J connectivity index is 1.52. The van der Waals surface area contributed by atoms with Crippen molar-refractivity contribution in [3.05, 3.63) is 0 Å². The van der Waals surface area contributed by atoms with Gasteiger partial charge in [-0.3, -0.25) is 4.79 Å². The fourth-order valence-corrected chi connectivity index (χ4v) is 4.31. The highest BCUT2D eigenvalue weighted by Gasteiger charge is 2.47. The summed E-state index contributed by atoms with van der Waals surface area (Å²) in [4.78, 5) is 41.7. The second-order valence-corrected chi connectivity index (χ2v) is 8.60. The van der Waals surface area contributed by atoms with Crippen LogP contribution in [0.1, 0.15) is 46.0 Å². The smallest absolute Gasteiger partial charge is 0.410 e. The van der Waals surface area contributed by atoms with Crippen molar-refractivity contribution in [2.75, 3.05) is 39.3 Å². The molecule has 0 aromatic heterocycles. The summed E-state index contributed by atoms with van der Waals surface area (Å²) in [7, 11) is 0. The average molecular weight is 380 g/mol. The molecule has 0 radical (unpaired) electrons. The van der Waals surface area contributed by atoms with Crippen molar-refractivity contribution in [3.63, 3.8) is 0 Å². The predicted octanol–water partition coefficient (Wildman–Crippen LogP) is 1.64. The topological polar surface area (TPSA) is 96.2 Å². The van der Waals surface area contributed by atoms with E-state index in [4.69, 9.17) is 10.5 Å². The number of hydrogen-bond donors (Lipinski definition) is 1. The molecule has 1 spiro atoms. The van der Waals surface area contributed by atoms with E-state index in [1.165, 1.54) is 0 Å². The van der Waals surface area contributed by atoms with Crippen LogP contribution in [0.15, 0.2) is 0 Å². The van der Waals surface area contributed by atoms with Gasteiger partial charge in [-0.05, 0) is 25.2 Å². The van der Waals surface area contributed by atoms with Gasteiger partial charge >= 0.3 is 12.1 Å². The highest BCUT2D eigenvalue weighted by molar-refractivity contribution is 5.81. The molecule has 152 valence electrons. The lowest BCUT2D eigenvalue weighted by molar-refractivity contribution is -0.140. The van der Waals surface area contributed by atoms with E-state index in [1.807, 2.05) is 9.80 Å². The zero-order valence-electron chi connectivity index (χ0n) is 16.5. The molecule has 3 aliphatic rings. The van der Waals surface area contributed by atoms with Crippen LogP contribution in [0, 0.1) is 11.8 Å². The first-order valence-corrected chi connectivity index (χ1v) is 10.1. The Kier molecular flexibility index (Phi) is 5.81. The van der Waals surface area contributed by atoms with E-state index in [2.05, 4.69) is 13.8 Å². The van der Waals surface area contributed by atoms with Crippen molar-refractivity contribution in [1.82, 2.24) is 14.7 Å². The molecule has 0 aromatic rings. The Morgan fingerprint density at radius 3 is 2.56 bits per heavy atom. The standard InChI is InChI=1S/C19H32N4O4/c1-14(2)5-9-23-13-19(27-18(23)26)6-10-21(11-7-19)16(24)15-4-3-8-22(12-15)17(20)25/h14-15H,3-13H2,1-2H3,(H2,20,25). The summed E-state index contributed by atoms with van der Waals surface area (Å²) in [5.41, 5.74) is 4.92. The Labute approximate surface area is 161 Å². The number of carbonyl (C=O) groups excluding carboxylic acids is 3. The van der Waals surface area contributed by atoms with Crippen LogP contribution in [0.5, 0.6) is 0 Å². The van der Waals surface area contributed by atoms with E-state index >= 15 is 0 Å². The van der Waals surface area contributed by atoms with E-state index in [1.54, 1.807) is 4.90 Å². The molecular weight excluding hydrogens is 348 g/mol. The number of likely N-dealkylation sites (tertiary alicyclic amines) is 2. The van der Waals surface area contributed by atoms with Crippen LogP contribution < -0.4 is 5.73 Å². The van der Waals surface area contributed by atoms with Gasteiger partial charge in [0.2, 0.25) is 5.91 Å². The highest BCUT2D eigenvalue weighted by Crippen LogP contribution is 2.34. The van der Waals surface area contributed by atoms with Gasteiger partial charge < -0.3 is 25.2 Å². The molecule has 4 amide bonds. The maximum Gasteiger partial charge on any atom is 0.410 e. The lowest BCUT2D eigenvalue weighted by Crippen LogP contribution is -2.53. The predicted molar refractivity (Wildman–Crippen MR) is 99.9 cm³/mol. The van der Waals surface area contributed by atoms with Gasteiger partial charge in [-0.1, -0.05) is 13.8 Å². The maximum absolute atomic E-state index is 12.9. The Morgan fingerprint density at radius 2 is 1.93 bits per heavy atom. The van der Waals surface area contributed by atoms with Gasteiger partial charge in [-0.25, -0.2) is 9.59 Å². The van der Waals surface area contributed by atoms with Crippen molar-refractivity contribution in [2.24, 2.45) is 17.6 Å². The van der Waals surface area contributed by atoms with E-state index < -0.39 is 11.6 Å². The molecule has 0 aliphatic carbocycles. The molecule has 3 heterocycles. The van der Waals surface area contributed by atoms with Gasteiger partial charge in [0.1, 0.15) is 5.60 Å². The lowest BCUT2D eigenvalue weighted by Gasteiger charge is -2.40. The third-order valence-corrected chi connectivity index (χ3v) is 6.09. The summed E-state index contributed by atoms with van der Waals surface area (Å²) in [6.07, 6.45) is 3.69. The minimum absolute atomic E-state index is 0.0942. The van der Waals surface area contributed by atoms with Crippen LogP contribution in [-0.2, 0) is 9.53 Å². The van der Waals surface area contributed by atoms with Gasteiger partial charge in [-0.15, -0.1) is 0 Å². The first kappa shape index (κ1) is 19.8. The zero-order valence-corrected chi connectivity index (χ0v) is 16.5. The Morgan fingerprint density at radius 1 is 1.22 bits per heavy atom. The van der Waals surface area contributed by atoms with Crippen molar-refractivity contribution in [2.45, 2.75) is 51.6 Å². The molecule has 3 aliphatic heterocycles. The van der Waals surface area contributed by atoms with Crippen LogP contribution in [0.2, 0.25) is 0 Å². The summed E-state index contributed by atoms with van der Waals surface area (Å²) in [5.74, 6) is 0.468. The number of piperidine rings is 2. The van der Waals surface area contributed by atoms with Gasteiger partial charge in [0.05, 0.1) is 12.5 Å². The van der Waals surface area contributed by atoms with E-state index in [0.717, 1.165) is 25.8 Å². The summed E-state index contributed by atoms with van der Waals surface area (Å²) >= 11 is 0. The molecule has 3 fully saturated rings. The number of hydrogen-bond acceptors (Lipinski definition) is 4. The maximum atomic E-state index is 12.9. The normalized spacial score (nSPS) is 25.2. The number of amides is 4. The van der Waals surface area contributed by atoms with Crippen LogP contribution in [0.25, 0.3) is 0 Å². The fourth-order valence-electron chi connectivity index (χ4n) is 4.31. The number of nitrogens with two attached hydrogens (primary N) is 1. The minimum Gasteiger partial charge on any atom is -0.441 e. The first-order valence-electron chi connectivity index (χ1n) is 10.1. The van der Waals surface area contributed by atoms with Gasteiger partial charge in [0.25, 0.3) is 0 Å². The number of carbonyl (C=O) groups is 3. The monoisotopic (exact) mass is 380 g/mol. The molecule has 27 heavy (non-hydrogen) atoms. The SMILES string of the molecule is CC(C)CCN1CC2(CCN(C(=O)C3CCCN(C(N)=O)C3)CC2)OC1=O. The number of nitrogens with zero attached hydrogens (tertiary/aromatic N) is 3. The Bertz CT molecular complexity index is 586. The molecule has 2 N–H and O–H groups in total. The van der Waals surface area contributed by atoms with E-state index in [-0.39, 0.29) is 17.9 Å². The summed E-state index contributed by atoms with van der Waals surface area (Å²) < 4.78 is 5.74. The summed E-state index contributed by atoms with van der Waals surface area (Å²) in [6.45, 7) is 7.87. The van der Waals surface area contributed by atoms with Gasteiger partial charge in [0.15, 0.2) is 0 Å². The molecule has 0 aromatic carbocycles. The molecule has 3 saturated heterocycles. The molecule has 3 rings (SSSR count). The zero-order chi connectivity index (χ0) is 19.6. The molecule has 1 atom stereocenters. The van der Waals surface area contributed by atoms with E-state index in [0.29, 0.717) is 51.5 Å². The largest absolute Gasteiger partial charge is 0.441 e. The minimum atomic E-state index is -0.454. The molecule has 8 heteroatoms. The highest BCUT2D eigenvalue weighted by atomic mass is 16.6. The van der Waals surface area contributed by atoms with Crippen molar-refractivity contribution < 1.29 is 19.1 Å². The molecule has 1 unspecified atom stereocenters. The van der Waals surface area contributed by atoms with Crippen molar-refractivity contribution in [1.29, 1.82) is 0 Å². The second kappa shape index (κ2) is 7.94. The average Bonchev–Trinajstić information content (AvgIpc) is 2.95. The lowest BCUT2D eigenvalue weighted by atomic mass is 9.89. The van der Waals surface area contributed by atoms with Crippen molar-refractivity contribution >= 4 is 18.0 Å². The number of ether oxygens (including phenoxy) is 1. The Hall–Kier alpha value is -1.99. The number of primary amides is 1. The first-order chi connectivity index (χ1) is 12.8. The van der Waals surface area contributed by atoms with Gasteiger partial charge in [-0.2, -0.15) is 0 Å². The summed E-state index contributed by atoms with van der Waals surface area (Å²) in [5, 5.41) is 0. The molecule has 0 saturated carbocycles. The van der Waals surface area contributed by atoms with Crippen LogP contribution in [-0.4, -0.2) is 77.6 Å². The third kappa shape index (κ3) is 4.47. The number of rotatable bonds is 4. The fraction of sp³-hybridized carbons (Fsp3) is 0.842. The quantitative estimate of drug-likeness (QED) is 0.802. The third-order valence-electron chi connectivity index (χ3n) is 6.09. The van der Waals surface area contributed by atoms with Crippen LogP contribution >= 0.6 is 0 Å². The van der Waals surface area contributed by atoms with Crippen LogP contribution in [0.3, 0.4) is 0 Å². The van der Waals surface area contributed by atoms with Crippen LogP contribution in [0.4, 0.5) is 9.59 Å². The summed E-state index contributed by atoms with van der Waals surface area (Å²) in [6, 6.07) is -0.454.